The van der Waals surface area contributed by atoms with E-state index in [-0.39, 0.29) is 11.8 Å². The third-order valence-corrected chi connectivity index (χ3v) is 3.29. The highest BCUT2D eigenvalue weighted by Crippen LogP contribution is 2.05. The first-order valence-corrected chi connectivity index (χ1v) is 7.60. The molecular weight excluding hydrogens is 294 g/mol. The van der Waals surface area contributed by atoms with Gasteiger partial charge >= 0.3 is 0 Å². The summed E-state index contributed by atoms with van der Waals surface area (Å²) >= 11 is 0. The molecule has 0 spiro atoms. The van der Waals surface area contributed by atoms with Gasteiger partial charge < -0.3 is 10.6 Å². The van der Waals surface area contributed by atoms with E-state index in [0.717, 1.165) is 12.0 Å². The number of pyridine rings is 1. The van der Waals surface area contributed by atoms with Crippen LogP contribution in [0.15, 0.2) is 36.8 Å². The lowest BCUT2D eigenvalue weighted by atomic mass is 10.1. The average Bonchev–Trinajstić information content (AvgIpc) is 3.06. The van der Waals surface area contributed by atoms with Gasteiger partial charge in [-0.1, -0.05) is 19.4 Å². The molecule has 0 bridgehead atoms. The standard InChI is InChI=1S/C16H21N5O2/c1-3-5-14(20-12(2)22)16(23)18-11-13-6-7-15(17-10-13)21-9-4-8-19-21/h4,6-10,14H,3,5,11H2,1-2H3,(H,18,23)(H,20,22)/t14-/m0/s1. The molecule has 0 aliphatic heterocycles. The zero-order valence-electron chi connectivity index (χ0n) is 13.3. The Labute approximate surface area is 135 Å². The van der Waals surface area contributed by atoms with Crippen LogP contribution in [0.4, 0.5) is 0 Å². The molecule has 0 aliphatic carbocycles. The Morgan fingerprint density at radius 1 is 1.35 bits per heavy atom. The molecule has 2 N–H and O–H groups in total. The fourth-order valence-electron chi connectivity index (χ4n) is 2.18. The lowest BCUT2D eigenvalue weighted by Crippen LogP contribution is -2.45. The predicted octanol–water partition coefficient (Wildman–Crippen LogP) is 1.19. The minimum atomic E-state index is -0.492. The zero-order chi connectivity index (χ0) is 16.7. The Bertz CT molecular complexity index is 637. The molecule has 2 heterocycles. The van der Waals surface area contributed by atoms with Gasteiger partial charge in [-0.05, 0) is 24.1 Å². The number of aromatic nitrogens is 3. The van der Waals surface area contributed by atoms with Crippen LogP contribution in [0.3, 0.4) is 0 Å². The van der Waals surface area contributed by atoms with E-state index in [9.17, 15) is 9.59 Å². The van der Waals surface area contributed by atoms with Crippen molar-refractivity contribution in [2.45, 2.75) is 39.3 Å². The topological polar surface area (TPSA) is 88.9 Å². The van der Waals surface area contributed by atoms with Crippen LogP contribution in [0.25, 0.3) is 5.82 Å². The molecule has 122 valence electrons. The highest BCUT2D eigenvalue weighted by molar-refractivity contribution is 5.86. The van der Waals surface area contributed by atoms with Crippen LogP contribution in [-0.4, -0.2) is 32.6 Å². The first-order valence-electron chi connectivity index (χ1n) is 7.60. The first kappa shape index (κ1) is 16.7. The van der Waals surface area contributed by atoms with Crippen LogP contribution in [0, 0.1) is 0 Å². The van der Waals surface area contributed by atoms with E-state index < -0.39 is 6.04 Å². The SMILES string of the molecule is CCC[C@H](NC(C)=O)C(=O)NCc1ccc(-n2cccn2)nc1. The second-order valence-corrected chi connectivity index (χ2v) is 5.23. The van der Waals surface area contributed by atoms with Gasteiger partial charge in [-0.15, -0.1) is 0 Å². The highest BCUT2D eigenvalue weighted by atomic mass is 16.2. The molecule has 0 aliphatic rings. The van der Waals surface area contributed by atoms with Gasteiger partial charge in [0.05, 0.1) is 0 Å². The Morgan fingerprint density at radius 3 is 2.74 bits per heavy atom. The summed E-state index contributed by atoms with van der Waals surface area (Å²) in [6.45, 7) is 3.75. The monoisotopic (exact) mass is 315 g/mol. The van der Waals surface area contributed by atoms with Crippen molar-refractivity contribution >= 4 is 11.8 Å². The van der Waals surface area contributed by atoms with Crippen molar-refractivity contribution in [2.75, 3.05) is 0 Å². The largest absolute Gasteiger partial charge is 0.350 e. The molecule has 2 rings (SSSR count). The minimum absolute atomic E-state index is 0.182. The van der Waals surface area contributed by atoms with Crippen molar-refractivity contribution < 1.29 is 9.59 Å². The molecule has 7 nitrogen and oxygen atoms in total. The summed E-state index contributed by atoms with van der Waals surface area (Å²) in [5.41, 5.74) is 0.882. The summed E-state index contributed by atoms with van der Waals surface area (Å²) in [5.74, 6) is 0.328. The summed E-state index contributed by atoms with van der Waals surface area (Å²) in [6.07, 6.45) is 6.63. The summed E-state index contributed by atoms with van der Waals surface area (Å²) in [6, 6.07) is 5.06. The van der Waals surface area contributed by atoms with Gasteiger partial charge in [0.2, 0.25) is 11.8 Å². The minimum Gasteiger partial charge on any atom is -0.350 e. The maximum absolute atomic E-state index is 12.1. The van der Waals surface area contributed by atoms with E-state index in [0.29, 0.717) is 18.8 Å². The molecule has 0 saturated heterocycles. The molecule has 1 atom stereocenters. The van der Waals surface area contributed by atoms with Gasteiger partial charge in [0.25, 0.3) is 0 Å². The fraction of sp³-hybridized carbons (Fsp3) is 0.375. The molecule has 2 aromatic heterocycles. The zero-order valence-corrected chi connectivity index (χ0v) is 13.3. The third-order valence-electron chi connectivity index (χ3n) is 3.29. The van der Waals surface area contributed by atoms with Crippen molar-refractivity contribution in [2.24, 2.45) is 0 Å². The maximum Gasteiger partial charge on any atom is 0.242 e. The quantitative estimate of drug-likeness (QED) is 0.803. The molecule has 2 amide bonds. The van der Waals surface area contributed by atoms with E-state index >= 15 is 0 Å². The van der Waals surface area contributed by atoms with E-state index in [2.05, 4.69) is 20.7 Å². The molecule has 0 unspecified atom stereocenters. The normalized spacial score (nSPS) is 11.7. The molecule has 2 aromatic rings. The van der Waals surface area contributed by atoms with Gasteiger partial charge in [0, 0.05) is 32.1 Å². The van der Waals surface area contributed by atoms with Gasteiger partial charge in [-0.25, -0.2) is 9.67 Å². The van der Waals surface area contributed by atoms with Crippen molar-refractivity contribution in [3.8, 4) is 5.82 Å². The highest BCUT2D eigenvalue weighted by Gasteiger charge is 2.17. The van der Waals surface area contributed by atoms with E-state index in [1.165, 1.54) is 6.92 Å². The first-order chi connectivity index (χ1) is 11.1. The Hall–Kier alpha value is -2.70. The Kier molecular flexibility index (Phi) is 5.85. The van der Waals surface area contributed by atoms with Crippen molar-refractivity contribution in [3.05, 3.63) is 42.4 Å². The van der Waals surface area contributed by atoms with Crippen LogP contribution in [0.1, 0.15) is 32.3 Å². The fourth-order valence-corrected chi connectivity index (χ4v) is 2.18. The van der Waals surface area contributed by atoms with Crippen LogP contribution >= 0.6 is 0 Å². The molecule has 7 heteroatoms. The second-order valence-electron chi connectivity index (χ2n) is 5.23. The van der Waals surface area contributed by atoms with Crippen molar-refractivity contribution in [1.82, 2.24) is 25.4 Å². The summed E-state index contributed by atoms with van der Waals surface area (Å²) < 4.78 is 1.66. The smallest absolute Gasteiger partial charge is 0.242 e. The van der Waals surface area contributed by atoms with Crippen LogP contribution in [-0.2, 0) is 16.1 Å². The Morgan fingerprint density at radius 2 is 2.17 bits per heavy atom. The van der Waals surface area contributed by atoms with E-state index in [1.807, 2.05) is 31.3 Å². The lowest BCUT2D eigenvalue weighted by Gasteiger charge is -2.16. The molecule has 0 saturated carbocycles. The lowest BCUT2D eigenvalue weighted by molar-refractivity contribution is -0.128. The van der Waals surface area contributed by atoms with Crippen molar-refractivity contribution in [1.29, 1.82) is 0 Å². The third kappa shape index (κ3) is 4.91. The summed E-state index contributed by atoms with van der Waals surface area (Å²) in [4.78, 5) is 27.6. The van der Waals surface area contributed by atoms with E-state index in [4.69, 9.17) is 0 Å². The Balaban J connectivity index is 1.91. The number of nitrogens with one attached hydrogen (secondary N) is 2. The number of hydrogen-bond donors (Lipinski definition) is 2. The summed E-state index contributed by atoms with van der Waals surface area (Å²) in [7, 11) is 0. The number of amides is 2. The molecule has 23 heavy (non-hydrogen) atoms. The number of carbonyl (C=O) groups is 2. The van der Waals surface area contributed by atoms with Crippen LogP contribution < -0.4 is 10.6 Å². The average molecular weight is 315 g/mol. The number of hydrogen-bond acceptors (Lipinski definition) is 4. The number of carbonyl (C=O) groups excluding carboxylic acids is 2. The number of nitrogens with zero attached hydrogens (tertiary/aromatic N) is 3. The van der Waals surface area contributed by atoms with Crippen molar-refractivity contribution in [3.63, 3.8) is 0 Å². The van der Waals surface area contributed by atoms with E-state index in [1.54, 1.807) is 17.1 Å². The molecular formula is C16H21N5O2. The van der Waals surface area contributed by atoms with Gasteiger partial charge in [0.15, 0.2) is 5.82 Å². The maximum atomic E-state index is 12.1. The van der Waals surface area contributed by atoms with Crippen LogP contribution in [0.2, 0.25) is 0 Å². The number of rotatable bonds is 7. The van der Waals surface area contributed by atoms with Gasteiger partial charge in [0.1, 0.15) is 6.04 Å². The molecule has 0 aromatic carbocycles. The summed E-state index contributed by atoms with van der Waals surface area (Å²) in [5, 5.41) is 9.60. The van der Waals surface area contributed by atoms with Gasteiger partial charge in [-0.3, -0.25) is 9.59 Å². The molecule has 0 fully saturated rings. The molecule has 0 radical (unpaired) electrons. The second kappa shape index (κ2) is 8.07. The predicted molar refractivity (Wildman–Crippen MR) is 85.7 cm³/mol. The van der Waals surface area contributed by atoms with Gasteiger partial charge in [-0.2, -0.15) is 5.10 Å². The van der Waals surface area contributed by atoms with Crippen LogP contribution in [0.5, 0.6) is 0 Å².